The molecule has 0 saturated carbocycles. The molecule has 5 nitrogen and oxygen atoms in total. The highest BCUT2D eigenvalue weighted by Crippen LogP contribution is 2.09. The lowest BCUT2D eigenvalue weighted by Crippen LogP contribution is -2.24. The minimum Gasteiger partial charge on any atom is -0.463 e. The van der Waals surface area contributed by atoms with E-state index in [1.165, 1.54) is 6.26 Å². The second-order valence-corrected chi connectivity index (χ2v) is 6.53. The SMILES string of the molecule is CNCc1ccc(CN(C)CCS(C)(=O)=O)o1. The molecule has 1 aromatic rings. The van der Waals surface area contributed by atoms with Crippen molar-refractivity contribution in [1.29, 1.82) is 0 Å². The zero-order valence-corrected chi connectivity index (χ0v) is 11.4. The molecule has 0 amide bonds. The number of sulfone groups is 1. The Morgan fingerprint density at radius 2 is 2.00 bits per heavy atom. The summed E-state index contributed by atoms with van der Waals surface area (Å²) >= 11 is 0. The van der Waals surface area contributed by atoms with E-state index in [4.69, 9.17) is 4.42 Å². The van der Waals surface area contributed by atoms with Crippen molar-refractivity contribution < 1.29 is 12.8 Å². The summed E-state index contributed by atoms with van der Waals surface area (Å²) in [4.78, 5) is 1.93. The fourth-order valence-corrected chi connectivity index (χ4v) is 2.09. The minimum absolute atomic E-state index is 0.174. The zero-order chi connectivity index (χ0) is 12.9. The van der Waals surface area contributed by atoms with Crippen LogP contribution in [-0.2, 0) is 22.9 Å². The molecule has 0 spiro atoms. The highest BCUT2D eigenvalue weighted by atomic mass is 32.2. The van der Waals surface area contributed by atoms with Gasteiger partial charge in [-0.3, -0.25) is 4.90 Å². The van der Waals surface area contributed by atoms with Gasteiger partial charge in [0.25, 0.3) is 0 Å². The highest BCUT2D eigenvalue weighted by molar-refractivity contribution is 7.90. The molecule has 0 fully saturated rings. The molecular weight excluding hydrogens is 240 g/mol. The van der Waals surface area contributed by atoms with Crippen LogP contribution in [0, 0.1) is 0 Å². The molecule has 1 rings (SSSR count). The van der Waals surface area contributed by atoms with Crippen molar-refractivity contribution >= 4 is 9.84 Å². The largest absolute Gasteiger partial charge is 0.463 e. The summed E-state index contributed by atoms with van der Waals surface area (Å²) in [6.07, 6.45) is 1.25. The summed E-state index contributed by atoms with van der Waals surface area (Å²) in [5, 5.41) is 3.01. The third-order valence-corrected chi connectivity index (χ3v) is 3.26. The number of hydrogen-bond acceptors (Lipinski definition) is 5. The Hall–Kier alpha value is -0.850. The maximum absolute atomic E-state index is 11.0. The van der Waals surface area contributed by atoms with Crippen LogP contribution in [0.15, 0.2) is 16.5 Å². The average Bonchev–Trinajstić information content (AvgIpc) is 2.62. The number of furan rings is 1. The smallest absolute Gasteiger partial charge is 0.148 e. The van der Waals surface area contributed by atoms with Gasteiger partial charge in [-0.25, -0.2) is 8.42 Å². The van der Waals surface area contributed by atoms with E-state index in [1.807, 2.05) is 31.1 Å². The summed E-state index contributed by atoms with van der Waals surface area (Å²) in [7, 11) is 0.845. The molecule has 0 aromatic carbocycles. The standard InChI is InChI=1S/C11H20N2O3S/c1-12-8-10-4-5-11(16-10)9-13(2)6-7-17(3,14)15/h4-5,12H,6-9H2,1-3H3. The molecule has 17 heavy (non-hydrogen) atoms. The lowest BCUT2D eigenvalue weighted by atomic mass is 10.4. The van der Waals surface area contributed by atoms with Crippen LogP contribution in [-0.4, -0.2) is 46.0 Å². The number of nitrogens with one attached hydrogen (secondary N) is 1. The summed E-state index contributed by atoms with van der Waals surface area (Å²) in [5.41, 5.74) is 0. The van der Waals surface area contributed by atoms with Crippen LogP contribution >= 0.6 is 0 Å². The Morgan fingerprint density at radius 1 is 1.35 bits per heavy atom. The second kappa shape index (κ2) is 6.18. The van der Waals surface area contributed by atoms with Crippen molar-refractivity contribution in [3.63, 3.8) is 0 Å². The number of rotatable bonds is 7. The Labute approximate surface area is 103 Å². The molecule has 1 aromatic heterocycles. The van der Waals surface area contributed by atoms with Gasteiger partial charge in [-0.1, -0.05) is 0 Å². The molecule has 98 valence electrons. The predicted molar refractivity (Wildman–Crippen MR) is 67.5 cm³/mol. The third kappa shape index (κ3) is 5.86. The summed E-state index contributed by atoms with van der Waals surface area (Å²) < 4.78 is 27.6. The average molecular weight is 260 g/mol. The molecule has 1 N–H and O–H groups in total. The van der Waals surface area contributed by atoms with Crippen LogP contribution in [0.1, 0.15) is 11.5 Å². The molecular formula is C11H20N2O3S. The van der Waals surface area contributed by atoms with E-state index in [2.05, 4.69) is 5.32 Å². The fraction of sp³-hybridized carbons (Fsp3) is 0.636. The molecule has 0 saturated heterocycles. The van der Waals surface area contributed by atoms with Crippen LogP contribution in [0.5, 0.6) is 0 Å². The van der Waals surface area contributed by atoms with E-state index in [1.54, 1.807) is 0 Å². The summed E-state index contributed by atoms with van der Waals surface area (Å²) in [6.45, 7) is 1.84. The van der Waals surface area contributed by atoms with Crippen LogP contribution in [0.2, 0.25) is 0 Å². The minimum atomic E-state index is -2.90. The van der Waals surface area contributed by atoms with Crippen LogP contribution in [0.4, 0.5) is 0 Å². The number of nitrogens with zero attached hydrogens (tertiary/aromatic N) is 1. The normalized spacial score (nSPS) is 12.2. The van der Waals surface area contributed by atoms with Gasteiger partial charge in [-0.15, -0.1) is 0 Å². The van der Waals surface area contributed by atoms with Gasteiger partial charge in [0.1, 0.15) is 21.4 Å². The molecule has 0 atom stereocenters. The maximum atomic E-state index is 11.0. The fourth-order valence-electron chi connectivity index (χ4n) is 1.44. The van der Waals surface area contributed by atoms with Crippen LogP contribution in [0.3, 0.4) is 0 Å². The Kier molecular flexibility index (Phi) is 5.17. The van der Waals surface area contributed by atoms with E-state index in [0.29, 0.717) is 19.6 Å². The van der Waals surface area contributed by atoms with Crippen molar-refractivity contribution in [3.05, 3.63) is 23.7 Å². The first-order chi connectivity index (χ1) is 7.90. The van der Waals surface area contributed by atoms with Crippen LogP contribution in [0.25, 0.3) is 0 Å². The lowest BCUT2D eigenvalue weighted by Gasteiger charge is -2.13. The molecule has 6 heteroatoms. The molecule has 0 aliphatic heterocycles. The molecule has 0 bridgehead atoms. The Balaban J connectivity index is 2.42. The van der Waals surface area contributed by atoms with Crippen molar-refractivity contribution in [1.82, 2.24) is 10.2 Å². The highest BCUT2D eigenvalue weighted by Gasteiger charge is 2.08. The van der Waals surface area contributed by atoms with Gasteiger partial charge < -0.3 is 9.73 Å². The first kappa shape index (κ1) is 14.2. The van der Waals surface area contributed by atoms with E-state index in [9.17, 15) is 8.42 Å². The van der Waals surface area contributed by atoms with Gasteiger partial charge in [-0.05, 0) is 26.2 Å². The van der Waals surface area contributed by atoms with Crippen molar-refractivity contribution in [3.8, 4) is 0 Å². The van der Waals surface area contributed by atoms with E-state index in [0.717, 1.165) is 11.5 Å². The monoisotopic (exact) mass is 260 g/mol. The Morgan fingerprint density at radius 3 is 2.59 bits per heavy atom. The van der Waals surface area contributed by atoms with Gasteiger partial charge in [0.05, 0.1) is 18.8 Å². The maximum Gasteiger partial charge on any atom is 0.148 e. The molecule has 0 unspecified atom stereocenters. The first-order valence-electron chi connectivity index (χ1n) is 5.49. The molecule has 0 aliphatic rings. The van der Waals surface area contributed by atoms with Gasteiger partial charge in [-0.2, -0.15) is 0 Å². The Bertz CT molecular complexity index is 439. The molecule has 0 aliphatic carbocycles. The summed E-state index contributed by atoms with van der Waals surface area (Å²) in [6, 6.07) is 3.85. The van der Waals surface area contributed by atoms with Crippen molar-refractivity contribution in [2.75, 3.05) is 32.6 Å². The topological polar surface area (TPSA) is 62.6 Å². The van der Waals surface area contributed by atoms with Gasteiger partial charge >= 0.3 is 0 Å². The van der Waals surface area contributed by atoms with Gasteiger partial charge in [0, 0.05) is 12.8 Å². The van der Waals surface area contributed by atoms with Gasteiger partial charge in [0.2, 0.25) is 0 Å². The molecule has 1 heterocycles. The van der Waals surface area contributed by atoms with E-state index >= 15 is 0 Å². The quantitative estimate of drug-likeness (QED) is 0.772. The van der Waals surface area contributed by atoms with Crippen molar-refractivity contribution in [2.45, 2.75) is 13.1 Å². The number of hydrogen-bond donors (Lipinski definition) is 1. The van der Waals surface area contributed by atoms with Crippen LogP contribution < -0.4 is 5.32 Å². The summed E-state index contributed by atoms with van der Waals surface area (Å²) in [5.74, 6) is 1.92. The van der Waals surface area contributed by atoms with Gasteiger partial charge in [0.15, 0.2) is 0 Å². The predicted octanol–water partition coefficient (Wildman–Crippen LogP) is 0.475. The third-order valence-electron chi connectivity index (χ3n) is 2.34. The van der Waals surface area contributed by atoms with Crippen molar-refractivity contribution in [2.24, 2.45) is 0 Å². The zero-order valence-electron chi connectivity index (χ0n) is 10.6. The lowest BCUT2D eigenvalue weighted by molar-refractivity contribution is 0.303. The van der Waals surface area contributed by atoms with E-state index < -0.39 is 9.84 Å². The second-order valence-electron chi connectivity index (χ2n) is 4.27. The van der Waals surface area contributed by atoms with E-state index in [-0.39, 0.29) is 5.75 Å². The molecule has 0 radical (unpaired) electrons. The first-order valence-corrected chi connectivity index (χ1v) is 7.55.